The van der Waals surface area contributed by atoms with Crippen LogP contribution in [0.3, 0.4) is 0 Å². The van der Waals surface area contributed by atoms with Crippen LogP contribution in [0, 0.1) is 0 Å². The van der Waals surface area contributed by atoms with Gasteiger partial charge in [0.25, 0.3) is 0 Å². The zero-order valence-corrected chi connectivity index (χ0v) is 12.0. The van der Waals surface area contributed by atoms with E-state index in [9.17, 15) is 13.2 Å². The van der Waals surface area contributed by atoms with E-state index >= 15 is 0 Å². The van der Waals surface area contributed by atoms with Gasteiger partial charge in [0, 0.05) is 26.8 Å². The summed E-state index contributed by atoms with van der Waals surface area (Å²) in [5, 5.41) is 4.04. The van der Waals surface area contributed by atoms with Crippen molar-refractivity contribution < 1.29 is 17.9 Å². The smallest absolute Gasteiger partial charge is 0.383 e. The van der Waals surface area contributed by atoms with Crippen molar-refractivity contribution in [2.75, 3.05) is 32.2 Å². The third-order valence-corrected chi connectivity index (χ3v) is 3.92. The molecule has 0 fully saturated rings. The average Bonchev–Trinajstić information content (AvgIpc) is 2.87. The quantitative estimate of drug-likeness (QED) is 0.851. The fraction of sp³-hybridized carbons (Fsp3) is 0.500. The van der Waals surface area contributed by atoms with Crippen molar-refractivity contribution in [3.8, 4) is 0 Å². The summed E-state index contributed by atoms with van der Waals surface area (Å²) in [5.74, 6) is 0. The fourth-order valence-corrected chi connectivity index (χ4v) is 3.03. The zero-order chi connectivity index (χ0) is 15.4. The number of hydrogen-bond donors (Lipinski definition) is 0. The molecule has 0 amide bonds. The van der Waals surface area contributed by atoms with Crippen LogP contribution in [0.25, 0.3) is 5.65 Å². The van der Waals surface area contributed by atoms with E-state index in [2.05, 4.69) is 10.1 Å². The second kappa shape index (κ2) is 4.48. The molecule has 0 spiro atoms. The molecule has 3 rings (SSSR count). The lowest BCUT2D eigenvalue weighted by atomic mass is 9.86. The van der Waals surface area contributed by atoms with Crippen LogP contribution < -0.4 is 4.90 Å². The highest BCUT2D eigenvalue weighted by molar-refractivity contribution is 6.29. The molecule has 1 aliphatic heterocycles. The third kappa shape index (κ3) is 1.89. The van der Waals surface area contributed by atoms with Gasteiger partial charge in [-0.15, -0.1) is 0 Å². The van der Waals surface area contributed by atoms with Crippen molar-refractivity contribution >= 4 is 22.9 Å². The summed E-state index contributed by atoms with van der Waals surface area (Å²) in [6.07, 6.45) is -3.08. The van der Waals surface area contributed by atoms with Crippen LogP contribution in [0.5, 0.6) is 0 Å². The molecule has 1 unspecified atom stereocenters. The molecule has 2 aromatic rings. The molecule has 1 atom stereocenters. The molecule has 0 bridgehead atoms. The Hall–Kier alpha value is -1.54. The molecule has 3 heterocycles. The van der Waals surface area contributed by atoms with Crippen molar-refractivity contribution in [1.29, 1.82) is 0 Å². The highest BCUT2D eigenvalue weighted by atomic mass is 35.5. The Morgan fingerprint density at radius 2 is 2.19 bits per heavy atom. The largest absolute Gasteiger partial charge is 0.403 e. The van der Waals surface area contributed by atoms with Crippen molar-refractivity contribution in [2.45, 2.75) is 11.6 Å². The Kier molecular flexibility index (Phi) is 3.07. The topological polar surface area (TPSA) is 42.7 Å². The summed E-state index contributed by atoms with van der Waals surface area (Å²) in [4.78, 5) is 5.60. The average molecular weight is 321 g/mol. The summed E-state index contributed by atoms with van der Waals surface area (Å²) in [6.45, 7) is -0.748. The maximum atomic E-state index is 13.8. The van der Waals surface area contributed by atoms with Crippen molar-refractivity contribution in [2.24, 2.45) is 0 Å². The van der Waals surface area contributed by atoms with E-state index in [1.54, 1.807) is 7.05 Å². The molecule has 0 N–H and O–H groups in total. The molecule has 2 aromatic heterocycles. The van der Waals surface area contributed by atoms with Gasteiger partial charge in [-0.05, 0) is 0 Å². The Morgan fingerprint density at radius 1 is 1.48 bits per heavy atom. The lowest BCUT2D eigenvalue weighted by molar-refractivity contribution is -0.199. The molecule has 0 aromatic carbocycles. The van der Waals surface area contributed by atoms with Gasteiger partial charge in [0.15, 0.2) is 16.2 Å². The minimum absolute atomic E-state index is 0.0104. The normalized spacial score (nSPS) is 22.1. The second-order valence-electron chi connectivity index (χ2n) is 5.10. The molecule has 0 radical (unpaired) electrons. The molecule has 21 heavy (non-hydrogen) atoms. The van der Waals surface area contributed by atoms with Gasteiger partial charge in [0.1, 0.15) is 0 Å². The standard InChI is InChI=1S/C12H12ClF3N4O/c1-19-5-11(6-21-2,12(14,15)16)10-7(19)4-17-9-3-8(13)18-20(9)10/h3-4H,5-6H2,1-2H3. The predicted octanol–water partition coefficient (Wildman–Crippen LogP) is 2.28. The van der Waals surface area contributed by atoms with Crippen LogP contribution in [-0.2, 0) is 10.2 Å². The molecular formula is C12H12ClF3N4O. The summed E-state index contributed by atoms with van der Waals surface area (Å²) in [6, 6.07) is 1.42. The first-order chi connectivity index (χ1) is 9.80. The number of rotatable bonds is 2. The number of anilines is 1. The van der Waals surface area contributed by atoms with E-state index in [1.165, 1.54) is 24.3 Å². The number of hydrogen-bond acceptors (Lipinski definition) is 4. The highest BCUT2D eigenvalue weighted by Crippen LogP contribution is 2.49. The first-order valence-corrected chi connectivity index (χ1v) is 6.49. The monoisotopic (exact) mass is 320 g/mol. The number of alkyl halides is 3. The SMILES string of the molecule is COCC1(C(F)(F)F)CN(C)c2cnc3cc(Cl)nn3c21. The van der Waals surface area contributed by atoms with Crippen molar-refractivity contribution in [1.82, 2.24) is 14.6 Å². The van der Waals surface area contributed by atoms with Crippen LogP contribution in [0.15, 0.2) is 12.3 Å². The van der Waals surface area contributed by atoms with Gasteiger partial charge in [0.2, 0.25) is 0 Å². The molecule has 0 aliphatic carbocycles. The van der Waals surface area contributed by atoms with Gasteiger partial charge >= 0.3 is 6.18 Å². The number of halogens is 4. The lowest BCUT2D eigenvalue weighted by Crippen LogP contribution is -2.50. The minimum atomic E-state index is -4.49. The van der Waals surface area contributed by atoms with E-state index < -0.39 is 18.2 Å². The lowest BCUT2D eigenvalue weighted by Gasteiger charge is -2.31. The number of nitrogens with zero attached hydrogens (tertiary/aromatic N) is 4. The van der Waals surface area contributed by atoms with Crippen molar-refractivity contribution in [3.63, 3.8) is 0 Å². The van der Waals surface area contributed by atoms with Crippen LogP contribution in [0.2, 0.25) is 5.15 Å². The molecular weight excluding hydrogens is 309 g/mol. The molecule has 5 nitrogen and oxygen atoms in total. The van der Waals surface area contributed by atoms with E-state index in [-0.39, 0.29) is 23.0 Å². The Balaban J connectivity index is 2.36. The van der Waals surface area contributed by atoms with Gasteiger partial charge in [0.05, 0.1) is 24.2 Å². The first-order valence-electron chi connectivity index (χ1n) is 6.12. The molecule has 1 aliphatic rings. The zero-order valence-electron chi connectivity index (χ0n) is 11.3. The molecule has 0 saturated carbocycles. The Bertz CT molecular complexity index is 702. The van der Waals surface area contributed by atoms with Crippen LogP contribution in [-0.4, -0.2) is 48.1 Å². The highest BCUT2D eigenvalue weighted by Gasteiger charge is 2.62. The van der Waals surface area contributed by atoms with Gasteiger partial charge in [-0.25, -0.2) is 9.50 Å². The second-order valence-corrected chi connectivity index (χ2v) is 5.49. The summed E-state index contributed by atoms with van der Waals surface area (Å²) in [5.41, 5.74) is -1.51. The van der Waals surface area contributed by atoms with Gasteiger partial charge in [-0.2, -0.15) is 18.3 Å². The van der Waals surface area contributed by atoms with Crippen LogP contribution >= 0.6 is 11.6 Å². The van der Waals surface area contributed by atoms with Gasteiger partial charge in [-0.1, -0.05) is 11.6 Å². The van der Waals surface area contributed by atoms with Crippen LogP contribution in [0.4, 0.5) is 18.9 Å². The fourth-order valence-electron chi connectivity index (χ4n) is 2.86. The number of methoxy groups -OCH3 is 1. The van der Waals surface area contributed by atoms with E-state index in [1.807, 2.05) is 0 Å². The summed E-state index contributed by atoms with van der Waals surface area (Å²) < 4.78 is 47.4. The molecule has 9 heteroatoms. The number of likely N-dealkylation sites (N-methyl/N-ethyl adjacent to an activating group) is 1. The molecule has 0 saturated heterocycles. The Morgan fingerprint density at radius 3 is 2.81 bits per heavy atom. The van der Waals surface area contributed by atoms with Gasteiger partial charge in [-0.3, -0.25) is 0 Å². The summed E-state index contributed by atoms with van der Waals surface area (Å²) in [7, 11) is 2.83. The molecule has 114 valence electrons. The first kappa shape index (κ1) is 14.4. The van der Waals surface area contributed by atoms with Gasteiger partial charge < -0.3 is 9.64 Å². The number of fused-ring (bicyclic) bond motifs is 3. The van der Waals surface area contributed by atoms with Crippen molar-refractivity contribution in [3.05, 3.63) is 23.1 Å². The number of aromatic nitrogens is 3. The van der Waals surface area contributed by atoms with Crippen LogP contribution in [0.1, 0.15) is 5.69 Å². The number of ether oxygens (including phenoxy) is 1. The maximum Gasteiger partial charge on any atom is 0.403 e. The maximum absolute atomic E-state index is 13.8. The minimum Gasteiger partial charge on any atom is -0.383 e. The Labute approximate surface area is 123 Å². The van der Waals surface area contributed by atoms with E-state index in [0.717, 1.165) is 4.52 Å². The van der Waals surface area contributed by atoms with E-state index in [4.69, 9.17) is 16.3 Å². The van der Waals surface area contributed by atoms with E-state index in [0.29, 0.717) is 5.69 Å². The third-order valence-electron chi connectivity index (χ3n) is 3.74. The summed E-state index contributed by atoms with van der Waals surface area (Å²) >= 11 is 5.81. The predicted molar refractivity (Wildman–Crippen MR) is 70.9 cm³/mol.